The number of rotatable bonds is 8. The highest BCUT2D eigenvalue weighted by Crippen LogP contribution is 2.46. The number of hydrogen-bond acceptors (Lipinski definition) is 4. The molecule has 0 amide bonds. The Kier molecular flexibility index (Phi) is 13.0. The predicted molar refractivity (Wildman–Crippen MR) is 185 cm³/mol. The van der Waals surface area contributed by atoms with Crippen LogP contribution < -0.4 is 0 Å². The highest BCUT2D eigenvalue weighted by atomic mass is 16.3. The Labute approximate surface area is 267 Å². The summed E-state index contributed by atoms with van der Waals surface area (Å²) < 4.78 is 0. The second-order valence-electron chi connectivity index (χ2n) is 14.5. The Morgan fingerprint density at radius 2 is 0.864 bits per heavy atom. The molecule has 0 aromatic heterocycles. The van der Waals surface area contributed by atoms with Crippen LogP contribution in [-0.4, -0.2) is 43.8 Å². The molecule has 4 N–H and O–H groups in total. The molecule has 4 heteroatoms. The molecule has 2 fully saturated rings. The van der Waals surface area contributed by atoms with Gasteiger partial charge in [0.1, 0.15) is 0 Å². The van der Waals surface area contributed by atoms with Gasteiger partial charge in [0.05, 0.1) is 23.4 Å². The first-order chi connectivity index (χ1) is 20.2. The van der Waals surface area contributed by atoms with Gasteiger partial charge in [-0.1, -0.05) is 99.6 Å². The van der Waals surface area contributed by atoms with Crippen molar-refractivity contribution in [2.24, 2.45) is 10.8 Å². The van der Waals surface area contributed by atoms with Crippen LogP contribution in [0.5, 0.6) is 0 Å². The zero-order chi connectivity index (χ0) is 33.3. The van der Waals surface area contributed by atoms with Crippen LogP contribution in [0.4, 0.5) is 0 Å². The fourth-order valence-electron chi connectivity index (χ4n) is 6.51. The van der Waals surface area contributed by atoms with E-state index in [1.807, 2.05) is 90.2 Å². The minimum atomic E-state index is -1.06. The van der Waals surface area contributed by atoms with Crippen LogP contribution in [0.15, 0.2) is 118 Å². The van der Waals surface area contributed by atoms with Crippen molar-refractivity contribution >= 4 is 0 Å². The van der Waals surface area contributed by atoms with Crippen molar-refractivity contribution in [3.05, 3.63) is 118 Å². The van der Waals surface area contributed by atoms with Crippen LogP contribution in [0.3, 0.4) is 0 Å². The van der Waals surface area contributed by atoms with E-state index in [-0.39, 0.29) is 10.8 Å². The maximum Gasteiger partial charge on any atom is 0.0931 e. The molecule has 0 heterocycles. The quantitative estimate of drug-likeness (QED) is 0.166. The van der Waals surface area contributed by atoms with Crippen LogP contribution in [0.2, 0.25) is 0 Å². The van der Waals surface area contributed by atoms with E-state index in [4.69, 9.17) is 0 Å². The lowest BCUT2D eigenvalue weighted by Crippen LogP contribution is -2.45. The topological polar surface area (TPSA) is 80.9 Å². The number of hydrogen-bond donors (Lipinski definition) is 4. The van der Waals surface area contributed by atoms with Gasteiger partial charge in [-0.25, -0.2) is 0 Å². The molecule has 2 rings (SSSR count). The summed E-state index contributed by atoms with van der Waals surface area (Å²) in [6, 6.07) is 0. The van der Waals surface area contributed by atoms with E-state index in [0.29, 0.717) is 25.7 Å². The van der Waals surface area contributed by atoms with Crippen molar-refractivity contribution in [3.63, 3.8) is 0 Å². The Morgan fingerprint density at radius 3 is 1.18 bits per heavy atom. The smallest absolute Gasteiger partial charge is 0.0931 e. The average molecular weight is 601 g/mol. The normalized spacial score (nSPS) is 30.2. The number of allylic oxidation sites excluding steroid dienone is 14. The maximum absolute atomic E-state index is 10.8. The number of aliphatic hydroxyl groups is 4. The van der Waals surface area contributed by atoms with Gasteiger partial charge in [0.2, 0.25) is 0 Å². The van der Waals surface area contributed by atoms with Crippen molar-refractivity contribution in [2.45, 2.75) is 118 Å². The van der Waals surface area contributed by atoms with E-state index in [9.17, 15) is 20.4 Å². The molecule has 0 aromatic rings. The first-order valence-corrected chi connectivity index (χ1v) is 15.7. The Hall–Kier alpha value is -2.94. The molecule has 0 saturated heterocycles. The molecule has 0 bridgehead atoms. The van der Waals surface area contributed by atoms with Gasteiger partial charge in [0, 0.05) is 24.0 Å². The lowest BCUT2D eigenvalue weighted by atomic mass is 9.65. The van der Waals surface area contributed by atoms with Crippen LogP contribution in [-0.2, 0) is 0 Å². The van der Waals surface area contributed by atoms with Gasteiger partial charge >= 0.3 is 0 Å². The molecule has 2 saturated carbocycles. The lowest BCUT2D eigenvalue weighted by Gasteiger charge is -2.43. The third kappa shape index (κ3) is 11.5. The zero-order valence-corrected chi connectivity index (χ0v) is 28.7. The molecule has 0 radical (unpaired) electrons. The number of aliphatic hydroxyl groups excluding tert-OH is 2. The summed E-state index contributed by atoms with van der Waals surface area (Å²) in [5.41, 5.74) is 9.88. The molecule has 0 spiro atoms. The van der Waals surface area contributed by atoms with Crippen molar-refractivity contribution in [1.29, 1.82) is 0 Å². The summed E-state index contributed by atoms with van der Waals surface area (Å²) >= 11 is 0. The molecule has 4 unspecified atom stereocenters. The summed E-state index contributed by atoms with van der Waals surface area (Å²) in [7, 11) is 0. The van der Waals surface area contributed by atoms with Crippen LogP contribution >= 0.6 is 0 Å². The largest absolute Gasteiger partial charge is 0.393 e. The van der Waals surface area contributed by atoms with Gasteiger partial charge in [-0.2, -0.15) is 0 Å². The van der Waals surface area contributed by atoms with Crippen molar-refractivity contribution in [2.75, 3.05) is 0 Å². The molecule has 2 aliphatic carbocycles. The third-order valence-corrected chi connectivity index (χ3v) is 8.34. The molecule has 2 aliphatic rings. The summed E-state index contributed by atoms with van der Waals surface area (Å²) in [5.74, 6) is 0. The van der Waals surface area contributed by atoms with E-state index in [2.05, 4.69) is 49.6 Å². The van der Waals surface area contributed by atoms with Crippen molar-refractivity contribution in [3.8, 4) is 0 Å². The first kappa shape index (κ1) is 37.2. The Balaban J connectivity index is 2.00. The minimum absolute atomic E-state index is 0.310. The molecule has 4 atom stereocenters. The van der Waals surface area contributed by atoms with Crippen molar-refractivity contribution in [1.82, 2.24) is 0 Å². The van der Waals surface area contributed by atoms with Crippen LogP contribution in [0, 0.1) is 10.8 Å². The fraction of sp³-hybridized carbons (Fsp3) is 0.500. The molecule has 4 nitrogen and oxygen atoms in total. The second kappa shape index (κ2) is 15.4. The van der Waals surface area contributed by atoms with Gasteiger partial charge in [-0.3, -0.25) is 0 Å². The fourth-order valence-corrected chi connectivity index (χ4v) is 6.51. The van der Waals surface area contributed by atoms with E-state index in [0.717, 1.165) is 33.4 Å². The van der Waals surface area contributed by atoms with Crippen LogP contribution in [0.25, 0.3) is 0 Å². The standard InChI is InChI=1S/C40H56O4/c1-29(17-13-19-31(3)21-23-35-37(5,6)25-33(41)27-39(35,9)43)15-11-12-16-30(2)18-14-20-32(4)22-24-36-38(7,8)26-34(42)28-40(36,10)44/h11-22,33-34,41-44H,25-28H2,1-10H3/b12-11+,17-13+,18-14?,29-15+,30-16?,31-19+,32-20?. The predicted octanol–water partition coefficient (Wildman–Crippen LogP) is 8.47. The molecule has 240 valence electrons. The van der Waals surface area contributed by atoms with Gasteiger partial charge in [0.25, 0.3) is 0 Å². The highest BCUT2D eigenvalue weighted by molar-refractivity contribution is 5.34. The van der Waals surface area contributed by atoms with Gasteiger partial charge in [-0.15, -0.1) is 11.5 Å². The van der Waals surface area contributed by atoms with E-state index >= 15 is 0 Å². The molecule has 0 aromatic carbocycles. The molecule has 0 aliphatic heterocycles. The van der Waals surface area contributed by atoms with E-state index < -0.39 is 23.4 Å². The monoisotopic (exact) mass is 600 g/mol. The van der Waals surface area contributed by atoms with Gasteiger partial charge in [-0.05, 0) is 88.5 Å². The maximum atomic E-state index is 10.8. The van der Waals surface area contributed by atoms with Crippen molar-refractivity contribution < 1.29 is 20.4 Å². The molecule has 44 heavy (non-hydrogen) atoms. The molecular weight excluding hydrogens is 544 g/mol. The summed E-state index contributed by atoms with van der Waals surface area (Å²) in [6.07, 6.45) is 25.0. The lowest BCUT2D eigenvalue weighted by molar-refractivity contribution is -0.0277. The van der Waals surface area contributed by atoms with Gasteiger partial charge in [0.15, 0.2) is 0 Å². The first-order valence-electron chi connectivity index (χ1n) is 15.7. The van der Waals surface area contributed by atoms with E-state index in [1.54, 1.807) is 13.8 Å². The third-order valence-electron chi connectivity index (χ3n) is 8.34. The van der Waals surface area contributed by atoms with Crippen LogP contribution in [0.1, 0.15) is 94.9 Å². The molecular formula is C40H56O4. The summed E-state index contributed by atoms with van der Waals surface area (Å²) in [4.78, 5) is 0. The van der Waals surface area contributed by atoms with Gasteiger partial charge < -0.3 is 20.4 Å². The SMILES string of the molecule is CC(C=C=C1C(C)(C)CC(O)CC1(C)O)=CC=CC(C)=C/C=C/C=C(C)/C=C/C=C(\C)C=C=C1C(C)(C)CC(O)CC1(C)O. The summed E-state index contributed by atoms with van der Waals surface area (Å²) in [6.45, 7) is 19.8. The average Bonchev–Trinajstić information content (AvgIpc) is 2.83. The Bertz CT molecular complexity index is 1240. The summed E-state index contributed by atoms with van der Waals surface area (Å²) in [5, 5.41) is 41.9. The van der Waals surface area contributed by atoms with E-state index in [1.165, 1.54) is 0 Å². The second-order valence-corrected chi connectivity index (χ2v) is 14.5. The minimum Gasteiger partial charge on any atom is -0.393 e. The Morgan fingerprint density at radius 1 is 0.545 bits per heavy atom. The highest BCUT2D eigenvalue weighted by Gasteiger charge is 2.45. The zero-order valence-electron chi connectivity index (χ0n) is 28.7.